The Morgan fingerprint density at radius 2 is 2.15 bits per heavy atom. The minimum absolute atomic E-state index is 0.101. The van der Waals surface area contributed by atoms with Crippen LogP contribution >= 0.6 is 0 Å². The molecule has 2 rings (SSSR count). The van der Waals surface area contributed by atoms with Gasteiger partial charge < -0.3 is 14.2 Å². The van der Waals surface area contributed by atoms with Crippen molar-refractivity contribution in [1.82, 2.24) is 4.90 Å². The SMILES string of the molecule is CCN1CCOC(COc2ccc(C(=O)OC)cc2)C1. The molecule has 1 aliphatic heterocycles. The van der Waals surface area contributed by atoms with E-state index in [4.69, 9.17) is 9.47 Å². The lowest BCUT2D eigenvalue weighted by Crippen LogP contribution is -2.44. The average Bonchev–Trinajstić information content (AvgIpc) is 2.53. The second-order valence-electron chi connectivity index (χ2n) is 4.71. The van der Waals surface area contributed by atoms with E-state index < -0.39 is 0 Å². The molecule has 1 aromatic rings. The number of carbonyl (C=O) groups is 1. The lowest BCUT2D eigenvalue weighted by molar-refractivity contribution is -0.0464. The van der Waals surface area contributed by atoms with Gasteiger partial charge in [0.2, 0.25) is 0 Å². The zero-order valence-corrected chi connectivity index (χ0v) is 12.0. The van der Waals surface area contributed by atoms with Crippen LogP contribution in [0, 0.1) is 0 Å². The van der Waals surface area contributed by atoms with Gasteiger partial charge >= 0.3 is 5.97 Å². The Morgan fingerprint density at radius 1 is 1.40 bits per heavy atom. The summed E-state index contributed by atoms with van der Waals surface area (Å²) >= 11 is 0. The monoisotopic (exact) mass is 279 g/mol. The molecule has 1 aliphatic rings. The molecule has 0 amide bonds. The molecule has 0 saturated carbocycles. The number of morpholine rings is 1. The van der Waals surface area contributed by atoms with Crippen LogP contribution in [0.5, 0.6) is 5.75 Å². The third-order valence-corrected chi connectivity index (χ3v) is 3.38. The van der Waals surface area contributed by atoms with Crippen molar-refractivity contribution in [3.63, 3.8) is 0 Å². The van der Waals surface area contributed by atoms with Gasteiger partial charge in [-0.2, -0.15) is 0 Å². The van der Waals surface area contributed by atoms with E-state index in [9.17, 15) is 4.79 Å². The van der Waals surface area contributed by atoms with Gasteiger partial charge in [-0.3, -0.25) is 4.90 Å². The fraction of sp³-hybridized carbons (Fsp3) is 0.533. The summed E-state index contributed by atoms with van der Waals surface area (Å²) in [4.78, 5) is 13.7. The van der Waals surface area contributed by atoms with Crippen LogP contribution in [0.25, 0.3) is 0 Å². The molecule has 0 bridgehead atoms. The maximum Gasteiger partial charge on any atom is 0.337 e. The van der Waals surface area contributed by atoms with Gasteiger partial charge in [-0.05, 0) is 30.8 Å². The van der Waals surface area contributed by atoms with Gasteiger partial charge in [0.25, 0.3) is 0 Å². The number of ether oxygens (including phenoxy) is 3. The van der Waals surface area contributed by atoms with E-state index in [0.29, 0.717) is 12.2 Å². The molecule has 0 aromatic heterocycles. The third kappa shape index (κ3) is 3.95. The van der Waals surface area contributed by atoms with E-state index in [-0.39, 0.29) is 12.1 Å². The quantitative estimate of drug-likeness (QED) is 0.766. The molecule has 1 heterocycles. The van der Waals surface area contributed by atoms with Gasteiger partial charge in [0.1, 0.15) is 18.5 Å². The second-order valence-corrected chi connectivity index (χ2v) is 4.71. The second kappa shape index (κ2) is 7.26. The molecule has 1 saturated heterocycles. The minimum Gasteiger partial charge on any atom is -0.491 e. The maximum absolute atomic E-state index is 11.3. The molecule has 1 atom stereocenters. The van der Waals surface area contributed by atoms with Crippen LogP contribution in [0.2, 0.25) is 0 Å². The molecule has 110 valence electrons. The number of hydrogen-bond donors (Lipinski definition) is 0. The zero-order valence-electron chi connectivity index (χ0n) is 12.0. The number of benzene rings is 1. The average molecular weight is 279 g/mol. The fourth-order valence-corrected chi connectivity index (χ4v) is 2.16. The van der Waals surface area contributed by atoms with Crippen molar-refractivity contribution >= 4 is 5.97 Å². The Labute approximate surface area is 119 Å². The fourth-order valence-electron chi connectivity index (χ4n) is 2.16. The number of nitrogens with zero attached hydrogens (tertiary/aromatic N) is 1. The molecule has 1 aromatic carbocycles. The molecule has 1 fully saturated rings. The number of likely N-dealkylation sites (N-methyl/N-ethyl adjacent to an activating group) is 1. The predicted molar refractivity (Wildman–Crippen MR) is 75.1 cm³/mol. The normalized spacial score (nSPS) is 19.6. The summed E-state index contributed by atoms with van der Waals surface area (Å²) in [5.41, 5.74) is 0.519. The van der Waals surface area contributed by atoms with Crippen LogP contribution in [0.4, 0.5) is 0 Å². The summed E-state index contributed by atoms with van der Waals surface area (Å²) in [5.74, 6) is 0.389. The van der Waals surface area contributed by atoms with Gasteiger partial charge in [-0.15, -0.1) is 0 Å². The van der Waals surface area contributed by atoms with Crippen LogP contribution in [0.15, 0.2) is 24.3 Å². The van der Waals surface area contributed by atoms with Crippen LogP contribution in [-0.4, -0.2) is 56.9 Å². The topological polar surface area (TPSA) is 48.0 Å². The van der Waals surface area contributed by atoms with E-state index in [0.717, 1.165) is 32.0 Å². The molecule has 20 heavy (non-hydrogen) atoms. The summed E-state index contributed by atoms with van der Waals surface area (Å²) < 4.78 is 16.0. The largest absolute Gasteiger partial charge is 0.491 e. The van der Waals surface area contributed by atoms with E-state index in [2.05, 4.69) is 16.6 Å². The highest BCUT2D eigenvalue weighted by atomic mass is 16.5. The van der Waals surface area contributed by atoms with Crippen molar-refractivity contribution in [2.45, 2.75) is 13.0 Å². The van der Waals surface area contributed by atoms with Gasteiger partial charge in [0, 0.05) is 13.1 Å². The van der Waals surface area contributed by atoms with E-state index in [1.54, 1.807) is 24.3 Å². The van der Waals surface area contributed by atoms with Crippen LogP contribution < -0.4 is 4.74 Å². The molecule has 0 aliphatic carbocycles. The highest BCUT2D eigenvalue weighted by Crippen LogP contribution is 2.14. The molecule has 0 radical (unpaired) electrons. The number of methoxy groups -OCH3 is 1. The highest BCUT2D eigenvalue weighted by Gasteiger charge is 2.19. The molecule has 0 N–H and O–H groups in total. The first-order valence-electron chi connectivity index (χ1n) is 6.88. The Hall–Kier alpha value is -1.59. The van der Waals surface area contributed by atoms with Crippen molar-refractivity contribution in [1.29, 1.82) is 0 Å². The molecule has 0 spiro atoms. The molecular formula is C15H21NO4. The number of rotatable bonds is 5. The first-order chi connectivity index (χ1) is 9.72. The standard InChI is InChI=1S/C15H21NO4/c1-3-16-8-9-19-14(10-16)11-20-13-6-4-12(5-7-13)15(17)18-2/h4-7,14H,3,8-11H2,1-2H3. The lowest BCUT2D eigenvalue weighted by atomic mass is 10.2. The molecule has 1 unspecified atom stereocenters. The van der Waals surface area contributed by atoms with Crippen molar-refractivity contribution in [3.8, 4) is 5.75 Å². The van der Waals surface area contributed by atoms with Crippen molar-refractivity contribution in [2.24, 2.45) is 0 Å². The maximum atomic E-state index is 11.3. The summed E-state index contributed by atoms with van der Waals surface area (Å²) in [5, 5.41) is 0. The highest BCUT2D eigenvalue weighted by molar-refractivity contribution is 5.89. The first-order valence-corrected chi connectivity index (χ1v) is 6.88. The minimum atomic E-state index is -0.342. The van der Waals surface area contributed by atoms with Gasteiger partial charge in [-0.1, -0.05) is 6.92 Å². The van der Waals surface area contributed by atoms with Crippen molar-refractivity contribution in [3.05, 3.63) is 29.8 Å². The number of carbonyl (C=O) groups excluding carboxylic acids is 1. The summed E-state index contributed by atoms with van der Waals surface area (Å²) in [7, 11) is 1.37. The summed E-state index contributed by atoms with van der Waals surface area (Å²) in [6.07, 6.45) is 0.101. The first kappa shape index (κ1) is 14.8. The van der Waals surface area contributed by atoms with Crippen LogP contribution in [0.3, 0.4) is 0 Å². The molecule has 5 nitrogen and oxygen atoms in total. The lowest BCUT2D eigenvalue weighted by Gasteiger charge is -2.31. The Bertz CT molecular complexity index is 432. The predicted octanol–water partition coefficient (Wildman–Crippen LogP) is 1.57. The summed E-state index contributed by atoms with van der Waals surface area (Å²) in [6, 6.07) is 6.93. The van der Waals surface area contributed by atoms with Gasteiger partial charge in [0.15, 0.2) is 0 Å². The van der Waals surface area contributed by atoms with E-state index in [1.807, 2.05) is 0 Å². The summed E-state index contributed by atoms with van der Waals surface area (Å²) in [6.45, 7) is 6.34. The van der Waals surface area contributed by atoms with Crippen LogP contribution in [-0.2, 0) is 9.47 Å². The Kier molecular flexibility index (Phi) is 5.38. The smallest absolute Gasteiger partial charge is 0.337 e. The third-order valence-electron chi connectivity index (χ3n) is 3.38. The number of esters is 1. The Balaban J connectivity index is 1.83. The van der Waals surface area contributed by atoms with Gasteiger partial charge in [-0.25, -0.2) is 4.79 Å². The van der Waals surface area contributed by atoms with Crippen molar-refractivity contribution in [2.75, 3.05) is 40.0 Å². The van der Waals surface area contributed by atoms with E-state index in [1.165, 1.54) is 7.11 Å². The van der Waals surface area contributed by atoms with Crippen LogP contribution in [0.1, 0.15) is 17.3 Å². The number of hydrogen-bond acceptors (Lipinski definition) is 5. The van der Waals surface area contributed by atoms with Crippen molar-refractivity contribution < 1.29 is 19.0 Å². The molecular weight excluding hydrogens is 258 g/mol. The Morgan fingerprint density at radius 3 is 2.80 bits per heavy atom. The van der Waals surface area contributed by atoms with Gasteiger partial charge in [0.05, 0.1) is 19.3 Å². The zero-order chi connectivity index (χ0) is 14.4. The molecule has 5 heteroatoms. The van der Waals surface area contributed by atoms with E-state index >= 15 is 0 Å².